The molecule has 2 atom stereocenters. The van der Waals surface area contributed by atoms with Crippen molar-refractivity contribution in [1.29, 1.82) is 0 Å². The quantitative estimate of drug-likeness (QED) is 0.517. The molecule has 12 heavy (non-hydrogen) atoms. The van der Waals surface area contributed by atoms with Crippen LogP contribution in [-0.4, -0.2) is 43.1 Å². The highest BCUT2D eigenvalue weighted by Crippen LogP contribution is 2.17. The average Bonchev–Trinajstić information content (AvgIpc) is 2.06. The zero-order valence-electron chi connectivity index (χ0n) is 7.55. The van der Waals surface area contributed by atoms with Crippen molar-refractivity contribution < 1.29 is 9.84 Å². The van der Waals surface area contributed by atoms with E-state index >= 15 is 0 Å². The molecule has 0 spiro atoms. The van der Waals surface area contributed by atoms with Gasteiger partial charge in [-0.25, -0.2) is 0 Å². The van der Waals surface area contributed by atoms with Crippen LogP contribution in [0.15, 0.2) is 0 Å². The molecule has 0 aliphatic carbocycles. The van der Waals surface area contributed by atoms with Crippen LogP contribution in [0, 0.1) is 0 Å². The molecule has 4 N–H and O–H groups in total. The summed E-state index contributed by atoms with van der Waals surface area (Å²) in [6.07, 6.45) is 0.467. The van der Waals surface area contributed by atoms with Crippen molar-refractivity contribution in [2.75, 3.05) is 26.2 Å². The van der Waals surface area contributed by atoms with Crippen LogP contribution < -0.4 is 11.1 Å². The lowest BCUT2D eigenvalue weighted by molar-refractivity contribution is -0.111. The van der Waals surface area contributed by atoms with Crippen molar-refractivity contribution in [3.05, 3.63) is 0 Å². The Morgan fingerprint density at radius 1 is 1.75 bits per heavy atom. The van der Waals surface area contributed by atoms with E-state index in [9.17, 15) is 5.11 Å². The summed E-state index contributed by atoms with van der Waals surface area (Å²) in [6, 6.07) is 0. The van der Waals surface area contributed by atoms with Crippen LogP contribution in [0.25, 0.3) is 0 Å². The molecule has 1 rings (SSSR count). The number of aliphatic hydroxyl groups is 1. The van der Waals surface area contributed by atoms with Crippen LogP contribution in [0.2, 0.25) is 0 Å². The molecule has 0 bridgehead atoms. The van der Waals surface area contributed by atoms with Crippen molar-refractivity contribution in [1.82, 2.24) is 5.32 Å². The number of rotatable bonds is 3. The van der Waals surface area contributed by atoms with E-state index in [-0.39, 0.29) is 6.10 Å². The number of nitrogens with two attached hydrogens (primary N) is 1. The highest BCUT2D eigenvalue weighted by Gasteiger charge is 2.32. The smallest absolute Gasteiger partial charge is 0.0984 e. The van der Waals surface area contributed by atoms with Gasteiger partial charge in [-0.1, -0.05) is 0 Å². The summed E-state index contributed by atoms with van der Waals surface area (Å²) in [5.41, 5.74) is 4.60. The molecule has 72 valence electrons. The molecular weight excluding hydrogens is 156 g/mol. The zero-order valence-corrected chi connectivity index (χ0v) is 7.55. The predicted octanol–water partition coefficient (Wildman–Crippen LogP) is -0.925. The van der Waals surface area contributed by atoms with Gasteiger partial charge in [-0.2, -0.15) is 0 Å². The summed E-state index contributed by atoms with van der Waals surface area (Å²) in [6.45, 7) is 4.53. The lowest BCUT2D eigenvalue weighted by atomic mass is 9.94. The Bertz CT molecular complexity index is 133. The molecule has 0 aromatic heterocycles. The van der Waals surface area contributed by atoms with Gasteiger partial charge in [0.05, 0.1) is 18.3 Å². The molecule has 1 aliphatic rings. The maximum absolute atomic E-state index is 9.89. The average molecular weight is 174 g/mol. The van der Waals surface area contributed by atoms with E-state index in [2.05, 4.69) is 5.32 Å². The first kappa shape index (κ1) is 9.92. The van der Waals surface area contributed by atoms with Crippen LogP contribution >= 0.6 is 0 Å². The Morgan fingerprint density at radius 3 is 3.00 bits per heavy atom. The number of hydrogen-bond acceptors (Lipinski definition) is 4. The molecule has 0 aromatic rings. The lowest BCUT2D eigenvalue weighted by Crippen LogP contribution is -2.52. The molecule has 4 nitrogen and oxygen atoms in total. The lowest BCUT2D eigenvalue weighted by Gasteiger charge is -2.35. The summed E-state index contributed by atoms with van der Waals surface area (Å²) in [4.78, 5) is 0. The first-order valence-electron chi connectivity index (χ1n) is 4.41. The van der Waals surface area contributed by atoms with Crippen LogP contribution in [0.4, 0.5) is 0 Å². The maximum Gasteiger partial charge on any atom is 0.0984 e. The minimum atomic E-state index is -0.790. The van der Waals surface area contributed by atoms with Gasteiger partial charge < -0.3 is 20.9 Å². The molecule has 0 amide bonds. The Kier molecular flexibility index (Phi) is 3.46. The number of morpholine rings is 1. The number of hydrogen-bond donors (Lipinski definition) is 3. The van der Waals surface area contributed by atoms with Gasteiger partial charge in [-0.05, 0) is 19.9 Å². The number of nitrogens with one attached hydrogen (secondary N) is 1. The zero-order chi connectivity index (χ0) is 9.03. The molecular formula is C8H18N2O2. The van der Waals surface area contributed by atoms with Crippen molar-refractivity contribution in [3.8, 4) is 0 Å². The van der Waals surface area contributed by atoms with Crippen molar-refractivity contribution in [2.24, 2.45) is 5.73 Å². The summed E-state index contributed by atoms with van der Waals surface area (Å²) in [5.74, 6) is 0. The van der Waals surface area contributed by atoms with Gasteiger partial charge in [-0.3, -0.25) is 0 Å². The number of ether oxygens (including phenoxy) is 1. The Hall–Kier alpha value is -0.160. The van der Waals surface area contributed by atoms with Gasteiger partial charge in [0.15, 0.2) is 0 Å². The maximum atomic E-state index is 9.89. The fourth-order valence-corrected chi connectivity index (χ4v) is 1.42. The SMILES string of the molecule is CC(O)(CCN)C1CNCCO1. The first-order valence-corrected chi connectivity index (χ1v) is 4.41. The molecule has 4 heteroatoms. The van der Waals surface area contributed by atoms with Crippen molar-refractivity contribution >= 4 is 0 Å². The molecule has 0 saturated carbocycles. The standard InChI is InChI=1S/C8H18N2O2/c1-8(11,2-3-9)7-6-10-4-5-12-7/h7,10-11H,2-6,9H2,1H3. The topological polar surface area (TPSA) is 67.5 Å². The molecule has 1 saturated heterocycles. The third-order valence-corrected chi connectivity index (χ3v) is 2.27. The van der Waals surface area contributed by atoms with Crippen molar-refractivity contribution in [3.63, 3.8) is 0 Å². The fourth-order valence-electron chi connectivity index (χ4n) is 1.42. The van der Waals surface area contributed by atoms with E-state index in [4.69, 9.17) is 10.5 Å². The van der Waals surface area contributed by atoms with E-state index in [1.165, 1.54) is 0 Å². The molecule has 0 radical (unpaired) electrons. The van der Waals surface area contributed by atoms with Gasteiger partial charge >= 0.3 is 0 Å². The van der Waals surface area contributed by atoms with Gasteiger partial charge in [0, 0.05) is 13.1 Å². The second-order valence-corrected chi connectivity index (χ2v) is 3.46. The highest BCUT2D eigenvalue weighted by atomic mass is 16.5. The third kappa shape index (κ3) is 2.42. The third-order valence-electron chi connectivity index (χ3n) is 2.27. The van der Waals surface area contributed by atoms with E-state index in [0.29, 0.717) is 26.1 Å². The van der Waals surface area contributed by atoms with Gasteiger partial charge in [0.25, 0.3) is 0 Å². The molecule has 1 fully saturated rings. The van der Waals surface area contributed by atoms with Gasteiger partial charge in [-0.15, -0.1) is 0 Å². The monoisotopic (exact) mass is 174 g/mol. The van der Waals surface area contributed by atoms with E-state index in [1.807, 2.05) is 0 Å². The Labute approximate surface area is 73.1 Å². The summed E-state index contributed by atoms with van der Waals surface area (Å²) >= 11 is 0. The second kappa shape index (κ2) is 4.18. The molecule has 2 unspecified atom stereocenters. The normalized spacial score (nSPS) is 29.8. The summed E-state index contributed by atoms with van der Waals surface area (Å²) in [7, 11) is 0. The highest BCUT2D eigenvalue weighted by molar-refractivity contribution is 4.86. The minimum Gasteiger partial charge on any atom is -0.387 e. The van der Waals surface area contributed by atoms with E-state index in [1.54, 1.807) is 6.92 Å². The largest absolute Gasteiger partial charge is 0.387 e. The van der Waals surface area contributed by atoms with E-state index in [0.717, 1.165) is 6.54 Å². The van der Waals surface area contributed by atoms with E-state index < -0.39 is 5.60 Å². The van der Waals surface area contributed by atoms with Crippen LogP contribution in [0.3, 0.4) is 0 Å². The van der Waals surface area contributed by atoms with Crippen molar-refractivity contribution in [2.45, 2.75) is 25.0 Å². The second-order valence-electron chi connectivity index (χ2n) is 3.46. The van der Waals surface area contributed by atoms with Crippen LogP contribution in [0.5, 0.6) is 0 Å². The molecule has 1 aliphatic heterocycles. The summed E-state index contributed by atoms with van der Waals surface area (Å²) in [5, 5.41) is 13.1. The fraction of sp³-hybridized carbons (Fsp3) is 1.00. The Balaban J connectivity index is 2.41. The Morgan fingerprint density at radius 2 is 2.50 bits per heavy atom. The summed E-state index contributed by atoms with van der Waals surface area (Å²) < 4.78 is 5.43. The predicted molar refractivity (Wildman–Crippen MR) is 46.9 cm³/mol. The minimum absolute atomic E-state index is 0.116. The first-order chi connectivity index (χ1) is 5.67. The van der Waals surface area contributed by atoms with Gasteiger partial charge in [0.2, 0.25) is 0 Å². The van der Waals surface area contributed by atoms with Crippen LogP contribution in [0.1, 0.15) is 13.3 Å². The molecule has 1 heterocycles. The molecule has 0 aromatic carbocycles. The van der Waals surface area contributed by atoms with Crippen LogP contribution in [-0.2, 0) is 4.74 Å². The van der Waals surface area contributed by atoms with Gasteiger partial charge in [0.1, 0.15) is 0 Å².